The van der Waals surface area contributed by atoms with E-state index in [4.69, 9.17) is 0 Å². The molecule has 2 aromatic heterocycles. The summed E-state index contributed by atoms with van der Waals surface area (Å²) in [4.78, 5) is 15.1. The fourth-order valence-electron chi connectivity index (χ4n) is 1.93. The second-order valence-electron chi connectivity index (χ2n) is 4.04. The highest BCUT2D eigenvalue weighted by molar-refractivity contribution is 5.83. The predicted octanol–water partition coefficient (Wildman–Crippen LogP) is 2.19. The van der Waals surface area contributed by atoms with Crippen molar-refractivity contribution in [1.82, 2.24) is 19.5 Å². The van der Waals surface area contributed by atoms with E-state index >= 15 is 0 Å². The van der Waals surface area contributed by atoms with Crippen molar-refractivity contribution in [2.45, 2.75) is 6.54 Å². The molecule has 0 fully saturated rings. The van der Waals surface area contributed by atoms with E-state index in [9.17, 15) is 0 Å². The van der Waals surface area contributed by atoms with E-state index in [1.807, 2.05) is 22.8 Å². The highest BCUT2D eigenvalue weighted by atomic mass is 15.2. The van der Waals surface area contributed by atoms with Gasteiger partial charge in [-0.3, -0.25) is 0 Å². The maximum absolute atomic E-state index is 4.40. The molecule has 0 aliphatic carbocycles. The molecule has 2 aromatic rings. The minimum absolute atomic E-state index is 0.676. The number of nitrogens with zero attached hydrogens (tertiary/aromatic N) is 5. The van der Waals surface area contributed by atoms with Crippen LogP contribution < -0.4 is 4.90 Å². The van der Waals surface area contributed by atoms with E-state index in [-0.39, 0.29) is 0 Å². The van der Waals surface area contributed by atoms with Crippen molar-refractivity contribution in [3.05, 3.63) is 50.6 Å². The highest BCUT2D eigenvalue weighted by Crippen LogP contribution is 2.21. The summed E-state index contributed by atoms with van der Waals surface area (Å²) in [6.07, 6.45) is 8.78. The van der Waals surface area contributed by atoms with Crippen molar-refractivity contribution >= 4 is 17.0 Å². The van der Waals surface area contributed by atoms with Gasteiger partial charge in [0.2, 0.25) is 0 Å². The van der Waals surface area contributed by atoms with Gasteiger partial charge in [0, 0.05) is 19.6 Å². The van der Waals surface area contributed by atoms with Crippen molar-refractivity contribution in [1.29, 1.82) is 0 Å². The van der Waals surface area contributed by atoms with Crippen LogP contribution in [0.15, 0.2) is 50.6 Å². The molecule has 0 aliphatic heterocycles. The monoisotopic (exact) mass is 255 g/mol. The molecule has 0 unspecified atom stereocenters. The third-order valence-corrected chi connectivity index (χ3v) is 2.71. The molecule has 0 amide bonds. The van der Waals surface area contributed by atoms with Crippen molar-refractivity contribution < 1.29 is 0 Å². The molecular weight excluding hydrogens is 238 g/mol. The lowest BCUT2D eigenvalue weighted by Gasteiger charge is -2.20. The van der Waals surface area contributed by atoms with Crippen LogP contribution in [0.25, 0.3) is 11.2 Å². The Labute approximate surface area is 112 Å². The first-order valence-electron chi connectivity index (χ1n) is 6.05. The maximum atomic E-state index is 4.40. The molecule has 0 bridgehead atoms. The highest BCUT2D eigenvalue weighted by Gasteiger charge is 2.13. The molecule has 19 heavy (non-hydrogen) atoms. The van der Waals surface area contributed by atoms with Crippen molar-refractivity contribution in [2.75, 3.05) is 18.0 Å². The van der Waals surface area contributed by atoms with Crippen LogP contribution in [0, 0.1) is 0 Å². The molecule has 0 radical (unpaired) electrons. The van der Waals surface area contributed by atoms with E-state index in [0.717, 1.165) is 17.0 Å². The molecule has 0 saturated carbocycles. The minimum atomic E-state index is 0.676. The summed E-state index contributed by atoms with van der Waals surface area (Å²) in [6, 6.07) is 0. The Morgan fingerprint density at radius 2 is 1.79 bits per heavy atom. The standard InChI is InChI=1S/C14H17N5/c1-4-7-18(8-5-2)13-12-14(16-10-15-13)19(9-6-3)11-17-12/h4-6,10-11H,1-3,7-9H2. The summed E-state index contributed by atoms with van der Waals surface area (Å²) in [5.74, 6) is 0.799. The van der Waals surface area contributed by atoms with Gasteiger partial charge in [-0.2, -0.15) is 0 Å². The number of imidazole rings is 1. The molecule has 0 spiro atoms. The second-order valence-corrected chi connectivity index (χ2v) is 4.04. The van der Waals surface area contributed by atoms with Gasteiger partial charge in [-0.1, -0.05) is 18.2 Å². The number of anilines is 1. The molecule has 2 rings (SSSR count). The number of allylic oxidation sites excluding steroid dienone is 1. The van der Waals surface area contributed by atoms with Gasteiger partial charge in [-0.15, -0.1) is 19.7 Å². The molecule has 98 valence electrons. The van der Waals surface area contributed by atoms with Crippen LogP contribution in [-0.2, 0) is 6.54 Å². The van der Waals surface area contributed by atoms with Crippen LogP contribution in [0.2, 0.25) is 0 Å². The third kappa shape index (κ3) is 2.54. The number of fused-ring (bicyclic) bond motifs is 1. The topological polar surface area (TPSA) is 46.8 Å². The van der Waals surface area contributed by atoms with Crippen LogP contribution in [0.5, 0.6) is 0 Å². The van der Waals surface area contributed by atoms with E-state index in [0.29, 0.717) is 19.6 Å². The number of rotatable bonds is 7. The molecule has 0 N–H and O–H groups in total. The van der Waals surface area contributed by atoms with E-state index in [2.05, 4.69) is 39.6 Å². The number of aromatic nitrogens is 4. The Balaban J connectivity index is 2.50. The summed E-state index contributed by atoms with van der Waals surface area (Å²) in [5.41, 5.74) is 1.59. The average molecular weight is 255 g/mol. The summed E-state index contributed by atoms with van der Waals surface area (Å²) in [7, 11) is 0. The lowest BCUT2D eigenvalue weighted by Crippen LogP contribution is -2.24. The molecule has 0 aromatic carbocycles. The van der Waals surface area contributed by atoms with E-state index < -0.39 is 0 Å². The molecule has 5 heteroatoms. The van der Waals surface area contributed by atoms with E-state index in [1.165, 1.54) is 0 Å². The first-order chi connectivity index (χ1) is 9.31. The van der Waals surface area contributed by atoms with Gasteiger partial charge < -0.3 is 9.47 Å². The van der Waals surface area contributed by atoms with Crippen LogP contribution in [0.4, 0.5) is 5.82 Å². The predicted molar refractivity (Wildman–Crippen MR) is 78.1 cm³/mol. The summed E-state index contributed by atoms with van der Waals surface area (Å²) >= 11 is 0. The van der Waals surface area contributed by atoms with Crippen molar-refractivity contribution in [2.24, 2.45) is 0 Å². The summed E-state index contributed by atoms with van der Waals surface area (Å²) < 4.78 is 1.94. The third-order valence-electron chi connectivity index (χ3n) is 2.71. The molecule has 0 aliphatic rings. The van der Waals surface area contributed by atoms with Gasteiger partial charge in [-0.25, -0.2) is 15.0 Å². The molecule has 2 heterocycles. The Hall–Kier alpha value is -2.43. The Bertz CT molecular complexity index is 589. The Morgan fingerprint density at radius 1 is 1.05 bits per heavy atom. The smallest absolute Gasteiger partial charge is 0.165 e. The van der Waals surface area contributed by atoms with Gasteiger partial charge in [0.05, 0.1) is 6.33 Å². The van der Waals surface area contributed by atoms with Gasteiger partial charge in [0.15, 0.2) is 17.0 Å². The van der Waals surface area contributed by atoms with Gasteiger partial charge >= 0.3 is 0 Å². The van der Waals surface area contributed by atoms with Crippen molar-refractivity contribution in [3.8, 4) is 0 Å². The van der Waals surface area contributed by atoms with Gasteiger partial charge in [0.1, 0.15) is 6.33 Å². The zero-order valence-corrected chi connectivity index (χ0v) is 10.9. The fourth-order valence-corrected chi connectivity index (χ4v) is 1.93. The van der Waals surface area contributed by atoms with E-state index in [1.54, 1.807) is 12.7 Å². The van der Waals surface area contributed by atoms with Crippen LogP contribution in [0.3, 0.4) is 0 Å². The quantitative estimate of drug-likeness (QED) is 0.711. The van der Waals surface area contributed by atoms with Gasteiger partial charge in [-0.05, 0) is 0 Å². The molecule has 0 atom stereocenters. The second kappa shape index (κ2) is 5.95. The maximum Gasteiger partial charge on any atom is 0.165 e. The average Bonchev–Trinajstić information content (AvgIpc) is 2.82. The first kappa shape index (κ1) is 13.0. The molecule has 5 nitrogen and oxygen atoms in total. The fraction of sp³-hybridized carbons (Fsp3) is 0.214. The van der Waals surface area contributed by atoms with Crippen LogP contribution in [-0.4, -0.2) is 32.6 Å². The Morgan fingerprint density at radius 3 is 2.42 bits per heavy atom. The normalized spacial score (nSPS) is 10.3. The number of hydrogen-bond donors (Lipinski definition) is 0. The summed E-state index contributed by atoms with van der Waals surface area (Å²) in [5, 5.41) is 0. The van der Waals surface area contributed by atoms with Crippen LogP contribution in [0.1, 0.15) is 0 Å². The Kier molecular flexibility index (Phi) is 4.07. The van der Waals surface area contributed by atoms with Crippen LogP contribution >= 0.6 is 0 Å². The SMILES string of the molecule is C=CCN(CC=C)c1ncnc2c1ncn2CC=C. The molecule has 0 saturated heterocycles. The number of hydrogen-bond acceptors (Lipinski definition) is 4. The zero-order valence-electron chi connectivity index (χ0n) is 10.9. The largest absolute Gasteiger partial charge is 0.347 e. The first-order valence-corrected chi connectivity index (χ1v) is 6.05. The zero-order chi connectivity index (χ0) is 13.7. The lowest BCUT2D eigenvalue weighted by atomic mass is 10.4. The minimum Gasteiger partial charge on any atom is -0.347 e. The molecular formula is C14H17N5. The van der Waals surface area contributed by atoms with Crippen molar-refractivity contribution in [3.63, 3.8) is 0 Å². The summed E-state index contributed by atoms with van der Waals surface area (Å²) in [6.45, 7) is 13.3. The lowest BCUT2D eigenvalue weighted by molar-refractivity contribution is 0.837. The van der Waals surface area contributed by atoms with Gasteiger partial charge in [0.25, 0.3) is 0 Å².